The molecule has 37 heavy (non-hydrogen) atoms. The maximum Gasteiger partial charge on any atom is 0.269 e. The molecule has 0 radical (unpaired) electrons. The van der Waals surface area contributed by atoms with Gasteiger partial charge in [-0.2, -0.15) is 4.98 Å². The molecular weight excluding hydrogens is 492 g/mol. The van der Waals surface area contributed by atoms with Crippen LogP contribution < -0.4 is 20.5 Å². The van der Waals surface area contributed by atoms with Crippen molar-refractivity contribution < 1.29 is 17.9 Å². The molecular formula is C26H26N6O4S. The zero-order valence-electron chi connectivity index (χ0n) is 20.5. The van der Waals surface area contributed by atoms with E-state index in [1.54, 1.807) is 24.3 Å². The van der Waals surface area contributed by atoms with Gasteiger partial charge in [-0.1, -0.05) is 44.2 Å². The number of carbonyl (C=O) groups excluding carboxylic acids is 1. The molecule has 2 heterocycles. The van der Waals surface area contributed by atoms with Crippen LogP contribution in [0.1, 0.15) is 35.8 Å². The molecule has 10 nitrogen and oxygen atoms in total. The second kappa shape index (κ2) is 10.6. The van der Waals surface area contributed by atoms with Gasteiger partial charge < -0.3 is 15.8 Å². The summed E-state index contributed by atoms with van der Waals surface area (Å²) in [6, 6.07) is 18.3. The van der Waals surface area contributed by atoms with E-state index < -0.39 is 10.0 Å². The number of nitrogen functional groups attached to an aromatic ring is 1. The predicted molar refractivity (Wildman–Crippen MR) is 141 cm³/mol. The number of pyridine rings is 1. The van der Waals surface area contributed by atoms with Crippen LogP contribution in [0.5, 0.6) is 11.6 Å². The van der Waals surface area contributed by atoms with Crippen molar-refractivity contribution in [2.45, 2.75) is 24.7 Å². The van der Waals surface area contributed by atoms with Gasteiger partial charge in [-0.25, -0.2) is 23.1 Å². The van der Waals surface area contributed by atoms with Gasteiger partial charge in [0.1, 0.15) is 11.4 Å². The molecule has 0 aliphatic rings. The summed E-state index contributed by atoms with van der Waals surface area (Å²) in [5.74, 6) is 0.0645. The second-order valence-electron chi connectivity index (χ2n) is 8.40. The number of ether oxygens (including phenoxy) is 1. The number of carbonyl (C=O) groups is 1. The third-order valence-electron chi connectivity index (χ3n) is 5.37. The third-order valence-corrected chi connectivity index (χ3v) is 6.70. The monoisotopic (exact) mass is 518 g/mol. The molecule has 0 unspecified atom stereocenters. The summed E-state index contributed by atoms with van der Waals surface area (Å²) in [5, 5.41) is 2.50. The van der Waals surface area contributed by atoms with Crippen LogP contribution in [0, 0.1) is 0 Å². The van der Waals surface area contributed by atoms with Crippen molar-refractivity contribution in [1.82, 2.24) is 20.3 Å². The van der Waals surface area contributed by atoms with Crippen LogP contribution in [0.25, 0.3) is 11.3 Å². The standard InChI is InChI=1S/C26H26N6O4S/c1-16(2)20-9-4-5-10-21(20)23-14-24(36-18-11-12-22(29-15-18)25(33)28-3)31-26(30-23)32-37(34,35)19-8-6-7-17(27)13-19/h4-16H,27H2,1-3H3,(H,28,33)(H,30,31,32). The van der Waals surface area contributed by atoms with E-state index in [-0.39, 0.29) is 34.2 Å². The minimum atomic E-state index is -4.04. The van der Waals surface area contributed by atoms with E-state index in [1.807, 2.05) is 24.3 Å². The lowest BCUT2D eigenvalue weighted by molar-refractivity contribution is 0.0958. The number of rotatable bonds is 8. The summed E-state index contributed by atoms with van der Waals surface area (Å²) in [7, 11) is -2.52. The van der Waals surface area contributed by atoms with Gasteiger partial charge in [0.05, 0.1) is 16.8 Å². The van der Waals surface area contributed by atoms with Gasteiger partial charge in [0, 0.05) is 24.4 Å². The van der Waals surface area contributed by atoms with Crippen molar-refractivity contribution in [2.24, 2.45) is 0 Å². The highest BCUT2D eigenvalue weighted by Crippen LogP contribution is 2.32. The molecule has 190 valence electrons. The fourth-order valence-corrected chi connectivity index (χ4v) is 4.58. The summed E-state index contributed by atoms with van der Waals surface area (Å²) in [6.45, 7) is 4.11. The summed E-state index contributed by atoms with van der Waals surface area (Å²) < 4.78 is 34.4. The molecule has 1 amide bonds. The molecule has 0 fully saturated rings. The molecule has 0 atom stereocenters. The number of nitrogens with one attached hydrogen (secondary N) is 2. The van der Waals surface area contributed by atoms with E-state index in [0.29, 0.717) is 17.1 Å². The summed E-state index contributed by atoms with van der Waals surface area (Å²) >= 11 is 0. The number of anilines is 2. The van der Waals surface area contributed by atoms with Gasteiger partial charge in [0.15, 0.2) is 0 Å². The van der Waals surface area contributed by atoms with Crippen LogP contribution in [0.15, 0.2) is 77.8 Å². The van der Waals surface area contributed by atoms with E-state index in [2.05, 4.69) is 38.8 Å². The molecule has 0 spiro atoms. The van der Waals surface area contributed by atoms with Crippen molar-refractivity contribution in [2.75, 3.05) is 17.5 Å². The molecule has 11 heteroatoms. The molecule has 0 aliphatic heterocycles. The van der Waals surface area contributed by atoms with Crippen LogP contribution >= 0.6 is 0 Å². The highest BCUT2D eigenvalue weighted by atomic mass is 32.2. The van der Waals surface area contributed by atoms with Crippen molar-refractivity contribution in [3.05, 3.63) is 84.2 Å². The number of nitrogens with zero attached hydrogens (tertiary/aromatic N) is 3. The first-order chi connectivity index (χ1) is 17.7. The van der Waals surface area contributed by atoms with Gasteiger partial charge in [0.25, 0.3) is 15.9 Å². The number of nitrogens with two attached hydrogens (primary N) is 1. The Morgan fingerprint density at radius 1 is 1.00 bits per heavy atom. The molecule has 2 aromatic heterocycles. The minimum Gasteiger partial charge on any atom is -0.437 e. The number of amides is 1. The van der Waals surface area contributed by atoms with Crippen molar-refractivity contribution in [1.29, 1.82) is 0 Å². The van der Waals surface area contributed by atoms with Crippen molar-refractivity contribution >= 4 is 27.6 Å². The van der Waals surface area contributed by atoms with Gasteiger partial charge in [-0.3, -0.25) is 4.79 Å². The number of hydrogen-bond acceptors (Lipinski definition) is 8. The summed E-state index contributed by atoms with van der Waals surface area (Å²) in [5.41, 5.74) is 8.59. The lowest BCUT2D eigenvalue weighted by atomic mass is 9.95. The Bertz CT molecular complexity index is 1540. The Labute approximate surface area is 215 Å². The molecule has 4 rings (SSSR count). The third kappa shape index (κ3) is 6.01. The smallest absolute Gasteiger partial charge is 0.269 e. The second-order valence-corrected chi connectivity index (χ2v) is 10.1. The van der Waals surface area contributed by atoms with Crippen LogP contribution in [-0.4, -0.2) is 36.3 Å². The van der Waals surface area contributed by atoms with Crippen LogP contribution in [0.2, 0.25) is 0 Å². The van der Waals surface area contributed by atoms with Crippen LogP contribution in [0.3, 0.4) is 0 Å². The molecule has 0 saturated carbocycles. The molecule has 0 bridgehead atoms. The number of benzene rings is 2. The van der Waals surface area contributed by atoms with Crippen LogP contribution in [0.4, 0.5) is 11.6 Å². The molecule has 4 aromatic rings. The summed E-state index contributed by atoms with van der Waals surface area (Å²) in [4.78, 5) is 24.6. The largest absolute Gasteiger partial charge is 0.437 e. The fourth-order valence-electron chi connectivity index (χ4n) is 3.58. The first-order valence-electron chi connectivity index (χ1n) is 11.4. The topological polar surface area (TPSA) is 149 Å². The first kappa shape index (κ1) is 25.6. The quantitative estimate of drug-likeness (QED) is 0.294. The van der Waals surface area contributed by atoms with Gasteiger partial charge in [-0.15, -0.1) is 0 Å². The van der Waals surface area contributed by atoms with Gasteiger partial charge in [0.2, 0.25) is 11.8 Å². The first-order valence-corrected chi connectivity index (χ1v) is 12.9. The van der Waals surface area contributed by atoms with E-state index >= 15 is 0 Å². The average molecular weight is 519 g/mol. The Balaban J connectivity index is 1.76. The molecule has 0 aliphatic carbocycles. The Hall–Kier alpha value is -4.51. The number of aromatic nitrogens is 3. The highest BCUT2D eigenvalue weighted by Gasteiger charge is 2.19. The maximum absolute atomic E-state index is 13.0. The highest BCUT2D eigenvalue weighted by molar-refractivity contribution is 7.92. The Kier molecular flexibility index (Phi) is 7.35. The Morgan fingerprint density at radius 2 is 1.78 bits per heavy atom. The minimum absolute atomic E-state index is 0.0273. The average Bonchev–Trinajstić information content (AvgIpc) is 2.88. The zero-order valence-corrected chi connectivity index (χ0v) is 21.3. The van der Waals surface area contributed by atoms with Gasteiger partial charge in [-0.05, 0) is 41.8 Å². The lowest BCUT2D eigenvalue weighted by Crippen LogP contribution is -2.18. The molecule has 0 saturated heterocycles. The predicted octanol–water partition coefficient (Wildman–Crippen LogP) is 4.20. The zero-order chi connectivity index (χ0) is 26.6. The van der Waals surface area contributed by atoms with E-state index in [4.69, 9.17) is 10.5 Å². The fraction of sp³-hybridized carbons (Fsp3) is 0.154. The van der Waals surface area contributed by atoms with Crippen molar-refractivity contribution in [3.8, 4) is 22.9 Å². The number of sulfonamides is 1. The van der Waals surface area contributed by atoms with Crippen LogP contribution in [-0.2, 0) is 10.0 Å². The van der Waals surface area contributed by atoms with E-state index in [0.717, 1.165) is 11.1 Å². The SMILES string of the molecule is CNC(=O)c1ccc(Oc2cc(-c3ccccc3C(C)C)nc(NS(=O)(=O)c3cccc(N)c3)n2)cn1. The van der Waals surface area contributed by atoms with Gasteiger partial charge >= 0.3 is 0 Å². The maximum atomic E-state index is 13.0. The van der Waals surface area contributed by atoms with E-state index in [9.17, 15) is 13.2 Å². The lowest BCUT2D eigenvalue weighted by Gasteiger charge is -2.15. The van der Waals surface area contributed by atoms with E-state index in [1.165, 1.54) is 31.4 Å². The Morgan fingerprint density at radius 3 is 2.46 bits per heavy atom. The number of hydrogen-bond donors (Lipinski definition) is 3. The summed E-state index contributed by atoms with van der Waals surface area (Å²) in [6.07, 6.45) is 1.38. The van der Waals surface area contributed by atoms with Crippen molar-refractivity contribution in [3.63, 3.8) is 0 Å². The normalized spacial score (nSPS) is 11.2. The molecule has 4 N–H and O–H groups in total. The molecule has 2 aromatic carbocycles.